The lowest BCUT2D eigenvalue weighted by atomic mass is 10.6. The van der Waals surface area contributed by atoms with Crippen LogP contribution in [-0.4, -0.2) is 4.98 Å². The summed E-state index contributed by atoms with van der Waals surface area (Å²) in [5.41, 5.74) is 8.85. The lowest BCUT2D eigenvalue weighted by Gasteiger charge is -1.72. The molecule has 46 valence electrons. The van der Waals surface area contributed by atoms with Crippen molar-refractivity contribution < 1.29 is 0 Å². The summed E-state index contributed by atoms with van der Waals surface area (Å²) in [6.07, 6.45) is 0. The van der Waals surface area contributed by atoms with Gasteiger partial charge < -0.3 is 0 Å². The summed E-state index contributed by atoms with van der Waals surface area (Å²) in [6.45, 7) is 1.85. The molecule has 0 radical (unpaired) electrons. The molecular formula is C4H4N4S. The number of nitrogens with zero attached hydrogens (tertiary/aromatic N) is 4. The molecule has 0 aliphatic heterocycles. The Morgan fingerprint density at radius 3 is 3.11 bits per heavy atom. The predicted molar refractivity (Wildman–Crippen MR) is 35.7 cm³/mol. The van der Waals surface area contributed by atoms with Crippen molar-refractivity contribution in [2.45, 2.75) is 6.92 Å². The van der Waals surface area contributed by atoms with Crippen LogP contribution in [0.15, 0.2) is 10.5 Å². The van der Waals surface area contributed by atoms with Gasteiger partial charge in [-0.25, -0.2) is 4.98 Å². The summed E-state index contributed by atoms with van der Waals surface area (Å²) in [5, 5.41) is 5.63. The molecule has 0 atom stereocenters. The molecule has 4 nitrogen and oxygen atoms in total. The Morgan fingerprint density at radius 2 is 2.67 bits per heavy atom. The van der Waals surface area contributed by atoms with E-state index in [2.05, 4.69) is 15.0 Å². The topological polar surface area (TPSA) is 61.7 Å². The Labute approximate surface area is 55.8 Å². The highest BCUT2D eigenvalue weighted by Gasteiger charge is 1.91. The van der Waals surface area contributed by atoms with E-state index in [9.17, 15) is 0 Å². The van der Waals surface area contributed by atoms with Crippen LogP contribution in [0.25, 0.3) is 10.4 Å². The Kier molecular flexibility index (Phi) is 1.67. The molecule has 0 aliphatic rings. The SMILES string of the molecule is Cc1csc(N=[N+]=[N-])n1. The van der Waals surface area contributed by atoms with Gasteiger partial charge in [0.15, 0.2) is 5.13 Å². The smallest absolute Gasteiger partial charge is 0.180 e. The summed E-state index contributed by atoms with van der Waals surface area (Å²) in [4.78, 5) is 6.49. The molecule has 1 aromatic heterocycles. The van der Waals surface area contributed by atoms with E-state index in [4.69, 9.17) is 5.53 Å². The van der Waals surface area contributed by atoms with Crippen LogP contribution in [0.4, 0.5) is 5.13 Å². The number of aryl methyl sites for hydroxylation is 1. The molecule has 0 fully saturated rings. The van der Waals surface area contributed by atoms with Gasteiger partial charge in [0.2, 0.25) is 0 Å². The molecule has 0 aliphatic carbocycles. The maximum absolute atomic E-state index is 7.95. The lowest BCUT2D eigenvalue weighted by molar-refractivity contribution is 1.24. The highest BCUT2D eigenvalue weighted by atomic mass is 32.1. The highest BCUT2D eigenvalue weighted by molar-refractivity contribution is 7.13. The van der Waals surface area contributed by atoms with Crippen LogP contribution in [0.3, 0.4) is 0 Å². The second-order valence-corrected chi connectivity index (χ2v) is 2.30. The van der Waals surface area contributed by atoms with Crippen molar-refractivity contribution in [3.8, 4) is 0 Å². The van der Waals surface area contributed by atoms with Gasteiger partial charge in [-0.2, -0.15) is 0 Å². The molecule has 0 amide bonds. The highest BCUT2D eigenvalue weighted by Crippen LogP contribution is 2.17. The molecule has 0 aromatic carbocycles. The van der Waals surface area contributed by atoms with Gasteiger partial charge in [0.25, 0.3) is 0 Å². The van der Waals surface area contributed by atoms with E-state index in [0.29, 0.717) is 5.13 Å². The fourth-order valence-corrected chi connectivity index (χ4v) is 1.03. The fourth-order valence-electron chi connectivity index (χ4n) is 0.426. The summed E-state index contributed by atoms with van der Waals surface area (Å²) >= 11 is 1.34. The van der Waals surface area contributed by atoms with Crippen LogP contribution in [0.1, 0.15) is 5.69 Å². The Morgan fingerprint density at radius 1 is 1.89 bits per heavy atom. The second-order valence-electron chi connectivity index (χ2n) is 1.46. The van der Waals surface area contributed by atoms with E-state index >= 15 is 0 Å². The molecule has 0 N–H and O–H groups in total. The van der Waals surface area contributed by atoms with Gasteiger partial charge >= 0.3 is 0 Å². The predicted octanol–water partition coefficient (Wildman–Crippen LogP) is 2.39. The molecule has 0 saturated heterocycles. The molecule has 9 heavy (non-hydrogen) atoms. The molecule has 1 heterocycles. The van der Waals surface area contributed by atoms with Crippen molar-refractivity contribution in [2.24, 2.45) is 5.11 Å². The summed E-state index contributed by atoms with van der Waals surface area (Å²) in [7, 11) is 0. The first-order valence-electron chi connectivity index (χ1n) is 2.30. The average Bonchev–Trinajstić information content (AvgIpc) is 2.17. The largest absolute Gasteiger partial charge is 0.240 e. The standard InChI is InChI=1S/C4H4N4S/c1-3-2-9-4(6-3)7-8-5/h2H,1H3. The minimum atomic E-state index is 0.481. The summed E-state index contributed by atoms with van der Waals surface area (Å²) in [5.74, 6) is 0. The van der Waals surface area contributed by atoms with Crippen molar-refractivity contribution in [1.29, 1.82) is 0 Å². The number of thiazole rings is 1. The number of azide groups is 1. The fraction of sp³-hybridized carbons (Fsp3) is 0.250. The van der Waals surface area contributed by atoms with Crippen LogP contribution in [-0.2, 0) is 0 Å². The molecule has 0 unspecified atom stereocenters. The van der Waals surface area contributed by atoms with Crippen molar-refractivity contribution in [3.05, 3.63) is 21.5 Å². The van der Waals surface area contributed by atoms with Gasteiger partial charge in [0.05, 0.1) is 0 Å². The quantitative estimate of drug-likeness (QED) is 0.335. The van der Waals surface area contributed by atoms with E-state index in [-0.39, 0.29) is 0 Å². The monoisotopic (exact) mass is 140 g/mol. The van der Waals surface area contributed by atoms with Crippen LogP contribution < -0.4 is 0 Å². The van der Waals surface area contributed by atoms with E-state index in [1.165, 1.54) is 11.3 Å². The molecular weight excluding hydrogens is 136 g/mol. The number of aromatic nitrogens is 1. The zero-order valence-electron chi connectivity index (χ0n) is 4.77. The van der Waals surface area contributed by atoms with Crippen LogP contribution in [0, 0.1) is 6.92 Å². The van der Waals surface area contributed by atoms with Crippen molar-refractivity contribution in [3.63, 3.8) is 0 Å². The van der Waals surface area contributed by atoms with Gasteiger partial charge in [0, 0.05) is 16.0 Å². The van der Waals surface area contributed by atoms with Gasteiger partial charge in [-0.15, -0.1) is 11.3 Å². The Hall–Kier alpha value is -1.06. The van der Waals surface area contributed by atoms with Gasteiger partial charge in [-0.1, -0.05) is 0 Å². The Balaban J connectivity index is 2.97. The molecule has 0 spiro atoms. The maximum Gasteiger partial charge on any atom is 0.180 e. The third-order valence-corrected chi connectivity index (χ3v) is 1.58. The third kappa shape index (κ3) is 1.42. The first kappa shape index (κ1) is 6.07. The maximum atomic E-state index is 7.95. The summed E-state index contributed by atoms with van der Waals surface area (Å²) < 4.78 is 0. The normalized spacial score (nSPS) is 8.56. The average molecular weight is 140 g/mol. The second kappa shape index (κ2) is 2.48. The van der Waals surface area contributed by atoms with Crippen LogP contribution in [0.2, 0.25) is 0 Å². The van der Waals surface area contributed by atoms with E-state index in [0.717, 1.165) is 5.69 Å². The van der Waals surface area contributed by atoms with E-state index in [1.807, 2.05) is 12.3 Å². The van der Waals surface area contributed by atoms with Gasteiger partial charge in [-0.3, -0.25) is 0 Å². The van der Waals surface area contributed by atoms with E-state index < -0.39 is 0 Å². The number of hydrogen-bond donors (Lipinski definition) is 0. The van der Waals surface area contributed by atoms with E-state index in [1.54, 1.807) is 0 Å². The zero-order chi connectivity index (χ0) is 6.69. The molecule has 0 bridgehead atoms. The minimum Gasteiger partial charge on any atom is -0.240 e. The third-order valence-electron chi connectivity index (χ3n) is 0.737. The van der Waals surface area contributed by atoms with Crippen molar-refractivity contribution in [2.75, 3.05) is 0 Å². The number of rotatable bonds is 1. The first-order valence-corrected chi connectivity index (χ1v) is 3.18. The summed E-state index contributed by atoms with van der Waals surface area (Å²) in [6, 6.07) is 0. The van der Waals surface area contributed by atoms with Crippen molar-refractivity contribution >= 4 is 16.5 Å². The lowest BCUT2D eigenvalue weighted by Crippen LogP contribution is -1.63. The molecule has 1 rings (SSSR count). The minimum absolute atomic E-state index is 0.481. The molecule has 0 saturated carbocycles. The molecule has 5 heteroatoms. The zero-order valence-corrected chi connectivity index (χ0v) is 5.59. The molecule has 1 aromatic rings. The van der Waals surface area contributed by atoms with Gasteiger partial charge in [0.1, 0.15) is 0 Å². The first-order chi connectivity index (χ1) is 4.33. The van der Waals surface area contributed by atoms with Crippen LogP contribution in [0.5, 0.6) is 0 Å². The van der Waals surface area contributed by atoms with Gasteiger partial charge in [-0.05, 0) is 17.6 Å². The Bertz CT molecular complexity index is 247. The number of hydrogen-bond acceptors (Lipinski definition) is 3. The van der Waals surface area contributed by atoms with Crippen molar-refractivity contribution in [1.82, 2.24) is 4.98 Å². The van der Waals surface area contributed by atoms with Crippen LogP contribution >= 0.6 is 11.3 Å².